The Kier molecular flexibility index (Phi) is 4.16. The highest BCUT2D eigenvalue weighted by atomic mass is 79.9. The molecule has 1 aliphatic rings. The average molecular weight is 293 g/mol. The van der Waals surface area contributed by atoms with Gasteiger partial charge in [0.2, 0.25) is 0 Å². The zero-order valence-corrected chi connectivity index (χ0v) is 11.7. The fourth-order valence-electron chi connectivity index (χ4n) is 2.27. The van der Waals surface area contributed by atoms with E-state index in [2.05, 4.69) is 22.0 Å². The smallest absolute Gasteiger partial charge is 0.188 e. The molecule has 0 N–H and O–H groups in total. The fraction of sp³-hybridized carbons (Fsp3) is 0.400. The third-order valence-electron chi connectivity index (χ3n) is 3.14. The van der Waals surface area contributed by atoms with Gasteiger partial charge in [-0.15, -0.1) is 0 Å². The monoisotopic (exact) mass is 292 g/mol. The first-order valence-electron chi connectivity index (χ1n) is 6.18. The molecule has 0 saturated heterocycles. The van der Waals surface area contributed by atoms with E-state index >= 15 is 0 Å². The molecule has 2 rings (SSSR count). The highest BCUT2D eigenvalue weighted by Crippen LogP contribution is 2.23. The van der Waals surface area contributed by atoms with Gasteiger partial charge in [-0.05, 0) is 61.9 Å². The van der Waals surface area contributed by atoms with Crippen molar-refractivity contribution in [1.82, 2.24) is 0 Å². The standard InChI is InChI=1S/C15H17BrO/c1-11-8-13(10-14(16)9-11)15(17)12-6-4-2-3-5-7-12/h6,8-10H,2-5,7H2,1H3. The molecule has 1 aliphatic carbocycles. The first-order valence-corrected chi connectivity index (χ1v) is 6.97. The van der Waals surface area contributed by atoms with Crippen LogP contribution in [0.15, 0.2) is 34.3 Å². The van der Waals surface area contributed by atoms with E-state index in [0.717, 1.165) is 40.4 Å². The number of halogens is 1. The van der Waals surface area contributed by atoms with E-state index in [-0.39, 0.29) is 5.78 Å². The predicted molar refractivity (Wildman–Crippen MR) is 74.4 cm³/mol. The second-order valence-electron chi connectivity index (χ2n) is 4.68. The normalized spacial score (nSPS) is 16.2. The summed E-state index contributed by atoms with van der Waals surface area (Å²) in [5.41, 5.74) is 2.93. The molecule has 0 amide bonds. The van der Waals surface area contributed by atoms with Crippen LogP contribution in [0.5, 0.6) is 0 Å². The molecule has 0 unspecified atom stereocenters. The number of allylic oxidation sites excluding steroid dienone is 2. The molecule has 17 heavy (non-hydrogen) atoms. The van der Waals surface area contributed by atoms with Crippen LogP contribution in [0.2, 0.25) is 0 Å². The third-order valence-corrected chi connectivity index (χ3v) is 3.59. The van der Waals surface area contributed by atoms with E-state index in [9.17, 15) is 4.79 Å². The Morgan fingerprint density at radius 1 is 1.18 bits per heavy atom. The highest BCUT2D eigenvalue weighted by molar-refractivity contribution is 9.10. The molecule has 1 aromatic carbocycles. The maximum atomic E-state index is 12.4. The van der Waals surface area contributed by atoms with Gasteiger partial charge in [0, 0.05) is 10.0 Å². The van der Waals surface area contributed by atoms with Crippen LogP contribution in [0, 0.1) is 6.92 Å². The topological polar surface area (TPSA) is 17.1 Å². The van der Waals surface area contributed by atoms with Gasteiger partial charge >= 0.3 is 0 Å². The van der Waals surface area contributed by atoms with Crippen molar-refractivity contribution >= 4 is 21.7 Å². The summed E-state index contributed by atoms with van der Waals surface area (Å²) in [6.07, 6.45) is 7.72. The van der Waals surface area contributed by atoms with Gasteiger partial charge in [0.05, 0.1) is 0 Å². The van der Waals surface area contributed by atoms with Crippen LogP contribution in [0.4, 0.5) is 0 Å². The predicted octanol–water partition coefficient (Wildman–Crippen LogP) is 4.83. The van der Waals surface area contributed by atoms with Gasteiger partial charge in [0.15, 0.2) is 5.78 Å². The van der Waals surface area contributed by atoms with Gasteiger partial charge < -0.3 is 0 Å². The van der Waals surface area contributed by atoms with E-state index < -0.39 is 0 Å². The minimum atomic E-state index is 0.205. The number of aryl methyl sites for hydroxylation is 1. The molecule has 0 atom stereocenters. The summed E-state index contributed by atoms with van der Waals surface area (Å²) in [5.74, 6) is 0.205. The van der Waals surface area contributed by atoms with Crippen molar-refractivity contribution in [2.24, 2.45) is 0 Å². The summed E-state index contributed by atoms with van der Waals surface area (Å²) in [6, 6.07) is 5.91. The van der Waals surface area contributed by atoms with Crippen LogP contribution >= 0.6 is 15.9 Å². The van der Waals surface area contributed by atoms with Crippen molar-refractivity contribution in [2.45, 2.75) is 39.0 Å². The Balaban J connectivity index is 2.26. The fourth-order valence-corrected chi connectivity index (χ4v) is 2.88. The molecule has 1 nitrogen and oxygen atoms in total. The number of benzene rings is 1. The lowest BCUT2D eigenvalue weighted by atomic mass is 9.98. The minimum Gasteiger partial charge on any atom is -0.289 e. The molecule has 2 heteroatoms. The SMILES string of the molecule is Cc1cc(Br)cc(C(=O)C2=CCCCCC2)c1. The maximum absolute atomic E-state index is 12.4. The number of hydrogen-bond donors (Lipinski definition) is 0. The Bertz CT molecular complexity index is 440. The maximum Gasteiger partial charge on any atom is 0.188 e. The lowest BCUT2D eigenvalue weighted by Crippen LogP contribution is -2.03. The van der Waals surface area contributed by atoms with Crippen molar-refractivity contribution in [1.29, 1.82) is 0 Å². The minimum absolute atomic E-state index is 0.205. The Labute approximate surface area is 111 Å². The van der Waals surface area contributed by atoms with Crippen molar-refractivity contribution in [3.63, 3.8) is 0 Å². The van der Waals surface area contributed by atoms with Crippen LogP contribution in [0.3, 0.4) is 0 Å². The zero-order valence-electron chi connectivity index (χ0n) is 10.1. The van der Waals surface area contributed by atoms with Gasteiger partial charge in [0.25, 0.3) is 0 Å². The molecule has 0 radical (unpaired) electrons. The van der Waals surface area contributed by atoms with E-state index in [1.54, 1.807) is 0 Å². The Morgan fingerprint density at radius 3 is 2.76 bits per heavy atom. The van der Waals surface area contributed by atoms with Gasteiger partial charge in [-0.3, -0.25) is 4.79 Å². The van der Waals surface area contributed by atoms with Crippen molar-refractivity contribution in [3.05, 3.63) is 45.4 Å². The Morgan fingerprint density at radius 2 is 2.00 bits per heavy atom. The number of Topliss-reactive ketones (excluding diaryl/α,β-unsaturated/α-hetero) is 1. The van der Waals surface area contributed by atoms with Crippen molar-refractivity contribution in [2.75, 3.05) is 0 Å². The van der Waals surface area contributed by atoms with Gasteiger partial charge in [-0.25, -0.2) is 0 Å². The molecular weight excluding hydrogens is 276 g/mol. The Hall–Kier alpha value is -0.890. The first-order chi connectivity index (χ1) is 8.16. The number of hydrogen-bond acceptors (Lipinski definition) is 1. The molecule has 0 spiro atoms. The molecule has 90 valence electrons. The quantitative estimate of drug-likeness (QED) is 0.714. The van der Waals surface area contributed by atoms with E-state index in [0.29, 0.717) is 0 Å². The number of rotatable bonds is 2. The molecule has 0 fully saturated rings. The molecule has 1 aromatic rings. The van der Waals surface area contributed by atoms with E-state index in [1.807, 2.05) is 25.1 Å². The van der Waals surface area contributed by atoms with Crippen LogP contribution in [-0.2, 0) is 0 Å². The van der Waals surface area contributed by atoms with Gasteiger partial charge in [-0.2, -0.15) is 0 Å². The largest absolute Gasteiger partial charge is 0.289 e. The summed E-state index contributed by atoms with van der Waals surface area (Å²) in [6.45, 7) is 2.02. The van der Waals surface area contributed by atoms with E-state index in [4.69, 9.17) is 0 Å². The summed E-state index contributed by atoms with van der Waals surface area (Å²) in [7, 11) is 0. The lowest BCUT2D eigenvalue weighted by molar-refractivity contribution is 0.103. The second-order valence-corrected chi connectivity index (χ2v) is 5.59. The first kappa shape index (κ1) is 12.6. The van der Waals surface area contributed by atoms with Crippen LogP contribution in [0.1, 0.15) is 48.0 Å². The molecule has 0 heterocycles. The van der Waals surface area contributed by atoms with Gasteiger partial charge in [-0.1, -0.05) is 28.4 Å². The van der Waals surface area contributed by atoms with Crippen LogP contribution in [0.25, 0.3) is 0 Å². The van der Waals surface area contributed by atoms with Gasteiger partial charge in [0.1, 0.15) is 0 Å². The van der Waals surface area contributed by atoms with Crippen molar-refractivity contribution in [3.8, 4) is 0 Å². The summed E-state index contributed by atoms with van der Waals surface area (Å²) >= 11 is 3.45. The molecule has 0 saturated carbocycles. The number of ketones is 1. The summed E-state index contributed by atoms with van der Waals surface area (Å²) in [5, 5.41) is 0. The molecule has 0 aliphatic heterocycles. The lowest BCUT2D eigenvalue weighted by Gasteiger charge is -2.06. The summed E-state index contributed by atoms with van der Waals surface area (Å²) in [4.78, 5) is 12.4. The summed E-state index contributed by atoms with van der Waals surface area (Å²) < 4.78 is 0.982. The molecule has 0 bridgehead atoms. The molecule has 0 aromatic heterocycles. The number of carbonyl (C=O) groups excluding carboxylic acids is 1. The van der Waals surface area contributed by atoms with E-state index in [1.165, 1.54) is 12.8 Å². The zero-order chi connectivity index (χ0) is 12.3. The molecular formula is C15H17BrO. The highest BCUT2D eigenvalue weighted by Gasteiger charge is 2.14. The third kappa shape index (κ3) is 3.29. The van der Waals surface area contributed by atoms with Crippen LogP contribution in [-0.4, -0.2) is 5.78 Å². The second kappa shape index (κ2) is 5.63. The van der Waals surface area contributed by atoms with Crippen molar-refractivity contribution < 1.29 is 4.79 Å². The number of carbonyl (C=O) groups is 1. The average Bonchev–Trinajstić information content (AvgIpc) is 2.55. The van der Waals surface area contributed by atoms with Crippen LogP contribution < -0.4 is 0 Å².